The molecule has 0 amide bonds. The molecule has 0 fully saturated rings. The van der Waals surface area contributed by atoms with E-state index in [1.165, 1.54) is 12.1 Å². The molecule has 0 bridgehead atoms. The summed E-state index contributed by atoms with van der Waals surface area (Å²) in [6.45, 7) is 0. The molecule has 3 rings (SSSR count). The van der Waals surface area contributed by atoms with Crippen molar-refractivity contribution in [2.45, 2.75) is 0 Å². The van der Waals surface area contributed by atoms with Crippen LogP contribution in [0.5, 0.6) is 11.5 Å². The minimum absolute atomic E-state index is 0.143. The minimum Gasteiger partial charge on any atom is -0.504 e. The second kappa shape index (κ2) is 5.01. The number of aromatic hydroxyl groups is 2. The van der Waals surface area contributed by atoms with Gasteiger partial charge in [-0.25, -0.2) is 9.97 Å². The number of aromatic nitrogens is 2. The summed E-state index contributed by atoms with van der Waals surface area (Å²) in [5.74, 6) is 0.350. The molecule has 2 N–H and O–H groups in total. The highest BCUT2D eigenvalue weighted by Gasteiger charge is 2.05. The zero-order chi connectivity index (χ0) is 13.9. The van der Waals surface area contributed by atoms with E-state index in [9.17, 15) is 10.2 Å². The standard InChI is InChI=1S/C16H12N2O2/c19-14-7-6-12(8-15(14)20)13-9-17-16(18-10-13)11-4-2-1-3-5-11/h1-10,19-20H. The molecule has 1 heterocycles. The predicted molar refractivity (Wildman–Crippen MR) is 76.2 cm³/mol. The fourth-order valence-corrected chi connectivity index (χ4v) is 1.92. The lowest BCUT2D eigenvalue weighted by Crippen LogP contribution is -1.89. The van der Waals surface area contributed by atoms with E-state index in [4.69, 9.17) is 0 Å². The fraction of sp³-hybridized carbons (Fsp3) is 0. The lowest BCUT2D eigenvalue weighted by Gasteiger charge is -2.04. The first kappa shape index (κ1) is 12.2. The third kappa shape index (κ3) is 2.31. The number of rotatable bonds is 2. The molecule has 3 aromatic rings. The number of phenolic OH excluding ortho intramolecular Hbond substituents is 2. The van der Waals surface area contributed by atoms with E-state index in [0.717, 1.165) is 16.7 Å². The molecule has 1 aromatic heterocycles. The highest BCUT2D eigenvalue weighted by Crippen LogP contribution is 2.30. The van der Waals surface area contributed by atoms with E-state index < -0.39 is 0 Å². The van der Waals surface area contributed by atoms with Crippen LogP contribution >= 0.6 is 0 Å². The Hall–Kier alpha value is -2.88. The Kier molecular flexibility index (Phi) is 3.05. The Bertz CT molecular complexity index is 725. The van der Waals surface area contributed by atoms with Crippen molar-refractivity contribution in [1.82, 2.24) is 9.97 Å². The Morgan fingerprint density at radius 1 is 0.650 bits per heavy atom. The van der Waals surface area contributed by atoms with Crippen molar-refractivity contribution >= 4 is 0 Å². The fourth-order valence-electron chi connectivity index (χ4n) is 1.92. The van der Waals surface area contributed by atoms with E-state index >= 15 is 0 Å². The summed E-state index contributed by atoms with van der Waals surface area (Å²) >= 11 is 0. The maximum atomic E-state index is 9.50. The van der Waals surface area contributed by atoms with Gasteiger partial charge in [0.15, 0.2) is 17.3 Å². The number of hydrogen-bond acceptors (Lipinski definition) is 4. The minimum atomic E-state index is -0.158. The number of phenols is 2. The zero-order valence-electron chi connectivity index (χ0n) is 10.6. The summed E-state index contributed by atoms with van der Waals surface area (Å²) in [5.41, 5.74) is 2.48. The Morgan fingerprint density at radius 2 is 1.35 bits per heavy atom. The van der Waals surface area contributed by atoms with Gasteiger partial charge in [0.2, 0.25) is 0 Å². The molecular weight excluding hydrogens is 252 g/mol. The van der Waals surface area contributed by atoms with E-state index in [1.807, 2.05) is 30.3 Å². The van der Waals surface area contributed by atoms with Gasteiger partial charge in [0.05, 0.1) is 0 Å². The largest absolute Gasteiger partial charge is 0.504 e. The molecule has 2 aromatic carbocycles. The van der Waals surface area contributed by atoms with Crippen LogP contribution in [0.25, 0.3) is 22.5 Å². The van der Waals surface area contributed by atoms with Gasteiger partial charge in [0, 0.05) is 23.5 Å². The molecule has 0 spiro atoms. The predicted octanol–water partition coefficient (Wildman–Crippen LogP) is 3.22. The van der Waals surface area contributed by atoms with Crippen molar-refractivity contribution < 1.29 is 10.2 Å². The van der Waals surface area contributed by atoms with Gasteiger partial charge >= 0.3 is 0 Å². The van der Waals surface area contributed by atoms with Crippen LogP contribution in [-0.4, -0.2) is 20.2 Å². The van der Waals surface area contributed by atoms with E-state index in [-0.39, 0.29) is 11.5 Å². The van der Waals surface area contributed by atoms with Crippen LogP contribution < -0.4 is 0 Å². The molecule has 0 radical (unpaired) electrons. The summed E-state index contributed by atoms with van der Waals surface area (Å²) < 4.78 is 0. The lowest BCUT2D eigenvalue weighted by atomic mass is 10.1. The second-order valence-electron chi connectivity index (χ2n) is 4.36. The van der Waals surface area contributed by atoms with Crippen molar-refractivity contribution in [3.05, 3.63) is 60.9 Å². The molecule has 4 heteroatoms. The van der Waals surface area contributed by atoms with Crippen molar-refractivity contribution in [3.8, 4) is 34.0 Å². The van der Waals surface area contributed by atoms with Crippen LogP contribution in [0.15, 0.2) is 60.9 Å². The third-order valence-electron chi connectivity index (χ3n) is 2.99. The third-order valence-corrected chi connectivity index (χ3v) is 2.99. The average molecular weight is 264 g/mol. The van der Waals surface area contributed by atoms with Crippen LogP contribution in [-0.2, 0) is 0 Å². The van der Waals surface area contributed by atoms with Crippen LogP contribution in [0.1, 0.15) is 0 Å². The number of benzene rings is 2. The SMILES string of the molecule is Oc1ccc(-c2cnc(-c3ccccc3)nc2)cc1O. The lowest BCUT2D eigenvalue weighted by molar-refractivity contribution is 0.404. The molecular formula is C16H12N2O2. The van der Waals surface area contributed by atoms with Gasteiger partial charge in [-0.15, -0.1) is 0 Å². The van der Waals surface area contributed by atoms with Gasteiger partial charge in [-0.1, -0.05) is 36.4 Å². The maximum absolute atomic E-state index is 9.50. The molecule has 0 aliphatic rings. The topological polar surface area (TPSA) is 66.2 Å². The van der Waals surface area contributed by atoms with Gasteiger partial charge < -0.3 is 10.2 Å². The van der Waals surface area contributed by atoms with Crippen molar-refractivity contribution in [3.63, 3.8) is 0 Å². The number of hydrogen-bond donors (Lipinski definition) is 2. The molecule has 20 heavy (non-hydrogen) atoms. The molecule has 0 aliphatic carbocycles. The highest BCUT2D eigenvalue weighted by atomic mass is 16.3. The van der Waals surface area contributed by atoms with Crippen molar-refractivity contribution in [2.24, 2.45) is 0 Å². The highest BCUT2D eigenvalue weighted by molar-refractivity contribution is 5.66. The van der Waals surface area contributed by atoms with Crippen LogP contribution in [0, 0.1) is 0 Å². The molecule has 98 valence electrons. The Morgan fingerprint density at radius 3 is 2.00 bits per heavy atom. The summed E-state index contributed by atoms with van der Waals surface area (Å²) in [4.78, 5) is 8.64. The smallest absolute Gasteiger partial charge is 0.159 e. The van der Waals surface area contributed by atoms with Gasteiger partial charge in [-0.05, 0) is 17.7 Å². The Labute approximate surface area is 116 Å². The Balaban J connectivity index is 1.95. The first-order valence-corrected chi connectivity index (χ1v) is 6.14. The van der Waals surface area contributed by atoms with E-state index in [2.05, 4.69) is 9.97 Å². The quantitative estimate of drug-likeness (QED) is 0.697. The summed E-state index contributed by atoms with van der Waals surface area (Å²) in [6.07, 6.45) is 3.39. The van der Waals surface area contributed by atoms with Crippen molar-refractivity contribution in [2.75, 3.05) is 0 Å². The summed E-state index contributed by atoms with van der Waals surface area (Å²) in [6, 6.07) is 14.3. The second-order valence-corrected chi connectivity index (χ2v) is 4.36. The molecule has 4 nitrogen and oxygen atoms in total. The van der Waals surface area contributed by atoms with Gasteiger partial charge in [-0.2, -0.15) is 0 Å². The summed E-state index contributed by atoms with van der Waals surface area (Å²) in [5, 5.41) is 18.8. The zero-order valence-corrected chi connectivity index (χ0v) is 10.6. The van der Waals surface area contributed by atoms with E-state index in [1.54, 1.807) is 18.5 Å². The van der Waals surface area contributed by atoms with Gasteiger partial charge in [0.25, 0.3) is 0 Å². The molecule has 0 aliphatic heterocycles. The van der Waals surface area contributed by atoms with Gasteiger partial charge in [0.1, 0.15) is 0 Å². The normalized spacial score (nSPS) is 10.4. The monoisotopic (exact) mass is 264 g/mol. The van der Waals surface area contributed by atoms with Crippen LogP contribution in [0.3, 0.4) is 0 Å². The van der Waals surface area contributed by atoms with Gasteiger partial charge in [-0.3, -0.25) is 0 Å². The first-order chi connectivity index (χ1) is 9.74. The molecule has 0 atom stereocenters. The van der Waals surface area contributed by atoms with E-state index in [0.29, 0.717) is 5.82 Å². The van der Waals surface area contributed by atoms with Crippen molar-refractivity contribution in [1.29, 1.82) is 0 Å². The first-order valence-electron chi connectivity index (χ1n) is 6.14. The van der Waals surface area contributed by atoms with Crippen LogP contribution in [0.2, 0.25) is 0 Å². The average Bonchev–Trinajstić information content (AvgIpc) is 2.51. The molecule has 0 unspecified atom stereocenters. The molecule has 0 saturated carbocycles. The maximum Gasteiger partial charge on any atom is 0.159 e. The number of nitrogens with zero attached hydrogens (tertiary/aromatic N) is 2. The summed E-state index contributed by atoms with van der Waals surface area (Å²) in [7, 11) is 0. The van der Waals surface area contributed by atoms with Crippen LogP contribution in [0.4, 0.5) is 0 Å². The molecule has 0 saturated heterocycles.